The van der Waals surface area contributed by atoms with Crippen molar-refractivity contribution in [3.05, 3.63) is 124 Å². The number of allylic oxidation sites excluding steroid dienone is 4. The first-order valence-corrected chi connectivity index (χ1v) is 25.3. The number of carbonyl (C=O) groups is 2. The molecule has 0 saturated carbocycles. The number of carbonyl (C=O) groups excluding carboxylic acids is 2. The van der Waals surface area contributed by atoms with Crippen molar-refractivity contribution in [1.29, 1.82) is 0 Å². The number of imidazole rings is 1. The summed E-state index contributed by atoms with van der Waals surface area (Å²) < 4.78 is 56.2. The van der Waals surface area contributed by atoms with E-state index in [4.69, 9.17) is 15.5 Å². The molecule has 376 valence electrons. The van der Waals surface area contributed by atoms with Gasteiger partial charge >= 0.3 is 0 Å². The van der Waals surface area contributed by atoms with Gasteiger partial charge < -0.3 is 24.9 Å². The monoisotopic (exact) mass is 982 g/mol. The van der Waals surface area contributed by atoms with Gasteiger partial charge in [-0.3, -0.25) is 19.6 Å². The highest BCUT2D eigenvalue weighted by Gasteiger charge is 2.46. The summed E-state index contributed by atoms with van der Waals surface area (Å²) in [6, 6.07) is 18.4. The van der Waals surface area contributed by atoms with E-state index in [1.807, 2.05) is 41.4 Å². The number of nitrogens with one attached hydrogen (secondary N) is 1. The zero-order valence-electron chi connectivity index (χ0n) is 41.7. The van der Waals surface area contributed by atoms with Crippen molar-refractivity contribution in [2.75, 3.05) is 71.8 Å². The van der Waals surface area contributed by atoms with Crippen LogP contribution in [-0.4, -0.2) is 127 Å². The lowest BCUT2D eigenvalue weighted by molar-refractivity contribution is -0.536. The fourth-order valence-electron chi connectivity index (χ4n) is 10.1. The van der Waals surface area contributed by atoms with Crippen molar-refractivity contribution in [3.8, 4) is 0 Å². The Morgan fingerprint density at radius 1 is 1.04 bits per heavy atom. The van der Waals surface area contributed by atoms with Crippen molar-refractivity contribution < 1.29 is 32.1 Å². The lowest BCUT2D eigenvalue weighted by Gasteiger charge is -2.40. The molecule has 70 heavy (non-hydrogen) atoms. The van der Waals surface area contributed by atoms with E-state index in [-0.39, 0.29) is 30.5 Å². The van der Waals surface area contributed by atoms with Gasteiger partial charge in [-0.2, -0.15) is 0 Å². The molecule has 15 heteroatoms. The van der Waals surface area contributed by atoms with Gasteiger partial charge in [0.1, 0.15) is 43.7 Å². The van der Waals surface area contributed by atoms with E-state index in [0.717, 1.165) is 98.0 Å². The number of anilines is 1. The molecule has 3 unspecified atom stereocenters. The molecule has 1 aromatic heterocycles. The van der Waals surface area contributed by atoms with Gasteiger partial charge in [-0.25, -0.2) is 22.7 Å². The number of amides is 1. The maximum atomic E-state index is 15.7. The molecule has 11 nitrogen and oxygen atoms in total. The number of aromatic nitrogens is 2. The molecule has 0 bridgehead atoms. The Morgan fingerprint density at radius 3 is 2.40 bits per heavy atom. The van der Waals surface area contributed by atoms with Gasteiger partial charge in [0.2, 0.25) is 5.91 Å². The molecule has 3 atom stereocenters. The summed E-state index contributed by atoms with van der Waals surface area (Å²) in [5, 5.41) is 2.83. The van der Waals surface area contributed by atoms with Crippen LogP contribution in [-0.2, 0) is 20.9 Å². The maximum absolute atomic E-state index is 15.7. The molecule has 3 N–H and O–H groups in total. The van der Waals surface area contributed by atoms with Gasteiger partial charge in [-0.15, -0.1) is 0 Å². The first-order valence-electron chi connectivity index (χ1n) is 24.8. The molecule has 0 radical (unpaired) electrons. The lowest BCUT2D eigenvalue weighted by Crippen LogP contribution is -2.49. The van der Waals surface area contributed by atoms with Crippen LogP contribution >= 0.6 is 9.39 Å². The summed E-state index contributed by atoms with van der Waals surface area (Å²) in [4.78, 5) is 35.8. The van der Waals surface area contributed by atoms with Crippen molar-refractivity contribution >= 4 is 56.3 Å². The molecule has 0 aliphatic carbocycles. The summed E-state index contributed by atoms with van der Waals surface area (Å²) in [5.41, 5.74) is 14.4. The minimum atomic E-state index is -3.10. The number of piperidine rings is 3. The second-order valence-electron chi connectivity index (χ2n) is 18.8. The number of rotatable bonds is 19. The van der Waals surface area contributed by atoms with Gasteiger partial charge in [0, 0.05) is 64.0 Å². The molecule has 1 amide bonds. The van der Waals surface area contributed by atoms with Gasteiger partial charge in [-0.1, -0.05) is 56.3 Å². The summed E-state index contributed by atoms with van der Waals surface area (Å²) in [6.45, 7) is 16.4. The van der Waals surface area contributed by atoms with Crippen LogP contribution in [0.15, 0.2) is 95.5 Å². The molecule has 3 saturated heterocycles. The third-order valence-corrected chi connectivity index (χ3v) is 14.4. The van der Waals surface area contributed by atoms with Crippen molar-refractivity contribution in [2.24, 2.45) is 16.6 Å². The van der Waals surface area contributed by atoms with Crippen LogP contribution < -0.4 is 11.1 Å². The van der Waals surface area contributed by atoms with Crippen LogP contribution in [0.1, 0.15) is 106 Å². The molecule has 4 aromatic rings. The number of fused-ring (bicyclic) bond motifs is 1. The van der Waals surface area contributed by atoms with Gasteiger partial charge in [0.25, 0.3) is 5.92 Å². The van der Waals surface area contributed by atoms with Gasteiger partial charge in [0.05, 0.1) is 23.5 Å². The highest BCUT2D eigenvalue weighted by atomic mass is 31.0. The molecular weight excluding hydrogens is 909 g/mol. The molecular formula is C55H73F3N8O3P+. The Hall–Kier alpha value is -5.27. The molecule has 3 fully saturated rings. The van der Waals surface area contributed by atoms with Crippen LogP contribution in [0.3, 0.4) is 0 Å². The summed E-state index contributed by atoms with van der Waals surface area (Å²) in [5.74, 6) is -4.09. The number of ether oxygens (including phenoxy) is 1. The van der Waals surface area contributed by atoms with E-state index in [1.165, 1.54) is 28.8 Å². The molecule has 3 aliphatic rings. The Morgan fingerprint density at radius 2 is 1.76 bits per heavy atom. The van der Waals surface area contributed by atoms with Gasteiger partial charge in [0.15, 0.2) is 6.21 Å². The minimum absolute atomic E-state index is 0.0287. The van der Waals surface area contributed by atoms with E-state index < -0.39 is 36.2 Å². The second kappa shape index (κ2) is 25.7. The standard InChI is InChI=1S/C53H66F3N8O3P.C2H6/c1-36(28-37(2)44(15-21-58-3)42-11-14-48-50(29-42)64(68)51(60-48)34-67-4)31-61-24-18-41(19-25-61)40-9-7-38(8-10-40)32-62-22-16-39(17-23-62)33-63-26-20-46(53(55,56)35-63)45-13-12-43(30-47(45)54)59-49(52(57)66)6-5-27-65;1-2/h7-15,21,27-30,32,39,41,46,49,59H,2,5-6,16-20,22-26,31,33-35,68H2,1,3-4H3,(H-,57,66);1-2H3/p+1/b36-28+,44-15+,58-21?,62-32?;. The number of hydrogen-bond donors (Lipinski definition) is 2. The molecule has 0 spiro atoms. The van der Waals surface area contributed by atoms with Crippen LogP contribution in [0, 0.1) is 11.7 Å². The predicted molar refractivity (Wildman–Crippen MR) is 282 cm³/mol. The number of methoxy groups -OCH3 is 1. The quantitative estimate of drug-likeness (QED) is 0.0316. The number of aldehydes is 1. The number of aliphatic imine (C=N–C) groups is 1. The number of halogens is 3. The number of alkyl halides is 2. The highest BCUT2D eigenvalue weighted by molar-refractivity contribution is 7.15. The number of nitrogens with zero attached hydrogens (tertiary/aromatic N) is 6. The first-order chi connectivity index (χ1) is 33.7. The smallest absolute Gasteiger partial charge is 0.267 e. The average Bonchev–Trinajstić information content (AvgIpc) is 3.65. The Bertz CT molecular complexity index is 2540. The summed E-state index contributed by atoms with van der Waals surface area (Å²) in [7, 11) is 6.18. The fraction of sp³-hybridized carbons (Fsp3) is 0.473. The highest BCUT2D eigenvalue weighted by Crippen LogP contribution is 2.42. The number of primary amides is 1. The maximum Gasteiger partial charge on any atom is 0.267 e. The Balaban J connectivity index is 0.00000397. The van der Waals surface area contributed by atoms with Crippen molar-refractivity contribution in [3.63, 3.8) is 0 Å². The number of hydrogen-bond acceptors (Lipinski definition) is 8. The van der Waals surface area contributed by atoms with E-state index in [1.54, 1.807) is 14.2 Å². The van der Waals surface area contributed by atoms with Crippen LogP contribution in [0.5, 0.6) is 0 Å². The van der Waals surface area contributed by atoms with Crippen molar-refractivity contribution in [2.45, 2.75) is 96.1 Å². The number of nitrogens with two attached hydrogens (primary N) is 1. The zero-order chi connectivity index (χ0) is 50.4. The molecule has 3 aliphatic heterocycles. The third kappa shape index (κ3) is 14.2. The molecule has 3 aromatic carbocycles. The SMILES string of the molecule is C=C(/C=C(\C)CN1CCC(c2ccc(C=[N+]3CCC(CN4CCC(c5ccc(NC(CCC=O)C(N)=O)cc5F)C(F)(F)C4)CC3)cc2)CC1)/C(=C\C=NC)c1ccc2nc(COC)n(P)c2c1.CC. The molecule has 4 heterocycles. The minimum Gasteiger partial charge on any atom is -0.377 e. The predicted octanol–water partition coefficient (Wildman–Crippen LogP) is 9.66. The van der Waals surface area contributed by atoms with Crippen LogP contribution in [0.4, 0.5) is 18.9 Å². The normalized spacial score (nSPS) is 20.0. The van der Waals surface area contributed by atoms with E-state index in [0.29, 0.717) is 37.8 Å². The fourth-order valence-corrected chi connectivity index (χ4v) is 10.5. The van der Waals surface area contributed by atoms with E-state index in [2.05, 4.69) is 91.4 Å². The Kier molecular flexibility index (Phi) is 19.9. The van der Waals surface area contributed by atoms with E-state index >= 15 is 13.2 Å². The Labute approximate surface area is 415 Å². The third-order valence-electron chi connectivity index (χ3n) is 13.8. The number of likely N-dealkylation sites (tertiary alicyclic amines) is 2. The average molecular weight is 982 g/mol. The summed E-state index contributed by atoms with van der Waals surface area (Å²) in [6.07, 6.45) is 13.4. The molecule has 7 rings (SSSR count). The first kappa shape index (κ1) is 54.1. The van der Waals surface area contributed by atoms with Gasteiger partial charge in [-0.05, 0) is 144 Å². The second-order valence-corrected chi connectivity index (χ2v) is 19.3. The summed E-state index contributed by atoms with van der Waals surface area (Å²) >= 11 is 0. The zero-order valence-corrected chi connectivity index (χ0v) is 42.8. The van der Waals surface area contributed by atoms with E-state index in [9.17, 15) is 9.59 Å². The number of benzene rings is 3. The lowest BCUT2D eigenvalue weighted by atomic mass is 9.85. The topological polar surface area (TPSA) is 121 Å². The van der Waals surface area contributed by atoms with Crippen LogP contribution in [0.25, 0.3) is 16.6 Å². The van der Waals surface area contributed by atoms with Crippen LogP contribution in [0.2, 0.25) is 0 Å². The largest absolute Gasteiger partial charge is 0.377 e. The van der Waals surface area contributed by atoms with Crippen molar-refractivity contribution in [1.82, 2.24) is 19.1 Å².